The molecule has 0 saturated carbocycles. The van der Waals surface area contributed by atoms with Gasteiger partial charge < -0.3 is 15.2 Å². The molecule has 2 aromatic rings. The first kappa shape index (κ1) is 27.3. The van der Waals surface area contributed by atoms with Crippen molar-refractivity contribution >= 4 is 12.0 Å². The lowest BCUT2D eigenvalue weighted by molar-refractivity contribution is -0.139. The first-order valence-corrected chi connectivity index (χ1v) is 11.7. The lowest BCUT2D eigenvalue weighted by Gasteiger charge is -2.47. The number of carbonyl (C=O) groups excluding carboxylic acids is 1. The second-order valence-corrected chi connectivity index (χ2v) is 10.7. The van der Waals surface area contributed by atoms with Crippen molar-refractivity contribution in [1.82, 2.24) is 15.2 Å². The summed E-state index contributed by atoms with van der Waals surface area (Å²) in [5, 5.41) is 12.6. The van der Waals surface area contributed by atoms with Gasteiger partial charge >= 0.3 is 12.3 Å². The minimum Gasteiger partial charge on any atom is -0.491 e. The highest BCUT2D eigenvalue weighted by Crippen LogP contribution is 2.41. The number of hydrogen-bond acceptors (Lipinski definition) is 4. The zero-order valence-corrected chi connectivity index (χ0v) is 21.3. The Kier molecular flexibility index (Phi) is 7.30. The van der Waals surface area contributed by atoms with E-state index < -0.39 is 34.7 Å². The monoisotopic (exact) mass is 507 g/mol. The van der Waals surface area contributed by atoms with Crippen molar-refractivity contribution in [3.8, 4) is 16.9 Å². The van der Waals surface area contributed by atoms with E-state index in [1.807, 2.05) is 13.8 Å². The van der Waals surface area contributed by atoms with E-state index >= 15 is 0 Å². The number of ether oxygens (including phenoxy) is 1. The highest BCUT2D eigenvalue weighted by Gasteiger charge is 2.44. The van der Waals surface area contributed by atoms with Crippen LogP contribution in [-0.2, 0) is 12.7 Å². The number of carboxylic acid groups (broad SMARTS) is 1. The Bertz CT molecular complexity index is 1160. The normalized spacial score (nSPS) is 15.3. The molecule has 0 bridgehead atoms. The van der Waals surface area contributed by atoms with Crippen LogP contribution < -0.4 is 10.1 Å². The van der Waals surface area contributed by atoms with Crippen LogP contribution in [0.1, 0.15) is 69.6 Å². The summed E-state index contributed by atoms with van der Waals surface area (Å²) < 4.78 is 48.1. The number of benzene rings is 1. The van der Waals surface area contributed by atoms with Crippen molar-refractivity contribution in [1.29, 1.82) is 0 Å². The van der Waals surface area contributed by atoms with Gasteiger partial charge in [0, 0.05) is 11.7 Å². The number of alkyl halides is 3. The molecule has 2 N–H and O–H groups in total. The van der Waals surface area contributed by atoms with Crippen LogP contribution in [0.3, 0.4) is 0 Å². The molecule has 1 aliphatic heterocycles. The van der Waals surface area contributed by atoms with Crippen molar-refractivity contribution in [3.05, 3.63) is 47.3 Å². The standard InChI is InChI=1S/C26H32F3N3O4/c1-15(2)12-25(6,32(23(34)35)24(3,4)5)14-36-20-8-7-16(11-18(20)26(27,28)29)17-9-10-30-19-13-31-22(33)21(17)19/h7-11,15H,12-14H2,1-6H3,(H,31,33)(H,34,35). The highest BCUT2D eigenvalue weighted by atomic mass is 19.4. The highest BCUT2D eigenvalue weighted by molar-refractivity contribution is 6.04. The molecule has 0 aliphatic carbocycles. The van der Waals surface area contributed by atoms with E-state index in [4.69, 9.17) is 4.74 Å². The number of pyridine rings is 1. The van der Waals surface area contributed by atoms with Crippen molar-refractivity contribution < 1.29 is 32.6 Å². The summed E-state index contributed by atoms with van der Waals surface area (Å²) in [4.78, 5) is 29.8. The van der Waals surface area contributed by atoms with Crippen LogP contribution in [0.15, 0.2) is 30.5 Å². The van der Waals surface area contributed by atoms with E-state index in [1.54, 1.807) is 27.7 Å². The van der Waals surface area contributed by atoms with Gasteiger partial charge in [-0.2, -0.15) is 13.2 Å². The van der Waals surface area contributed by atoms with E-state index in [0.29, 0.717) is 17.7 Å². The van der Waals surface area contributed by atoms with Crippen LogP contribution in [0.4, 0.5) is 18.0 Å². The molecule has 2 amide bonds. The third-order valence-corrected chi connectivity index (χ3v) is 6.06. The van der Waals surface area contributed by atoms with Crippen LogP contribution in [-0.4, -0.2) is 44.7 Å². The molecule has 10 heteroatoms. The number of rotatable bonds is 7. The molecule has 1 atom stereocenters. The fraction of sp³-hybridized carbons (Fsp3) is 0.500. The quantitative estimate of drug-likeness (QED) is 0.482. The third kappa shape index (κ3) is 5.57. The smallest absolute Gasteiger partial charge is 0.419 e. The number of hydrogen-bond donors (Lipinski definition) is 2. The van der Waals surface area contributed by atoms with Gasteiger partial charge in [-0.3, -0.25) is 14.7 Å². The van der Waals surface area contributed by atoms with Crippen molar-refractivity contribution in [3.63, 3.8) is 0 Å². The van der Waals surface area contributed by atoms with Crippen LogP contribution in [0.2, 0.25) is 0 Å². The first-order valence-electron chi connectivity index (χ1n) is 11.7. The SMILES string of the molecule is CC(C)CC(C)(COc1ccc(-c2ccnc3c2C(=O)NC3)cc1C(F)(F)F)N(C(=O)O)C(C)(C)C. The fourth-order valence-corrected chi connectivity index (χ4v) is 5.09. The first-order chi connectivity index (χ1) is 16.5. The Balaban J connectivity index is 2.03. The summed E-state index contributed by atoms with van der Waals surface area (Å²) in [5.41, 5.74) is -1.62. The zero-order chi connectivity index (χ0) is 27.1. The number of nitrogens with zero attached hydrogens (tertiary/aromatic N) is 2. The molecule has 7 nitrogen and oxygen atoms in total. The van der Waals surface area contributed by atoms with Gasteiger partial charge in [0.25, 0.3) is 5.91 Å². The van der Waals surface area contributed by atoms with Gasteiger partial charge in [-0.1, -0.05) is 19.9 Å². The number of aromatic nitrogens is 1. The molecular weight excluding hydrogens is 475 g/mol. The van der Waals surface area contributed by atoms with Crippen LogP contribution >= 0.6 is 0 Å². The predicted molar refractivity (Wildman–Crippen MR) is 129 cm³/mol. The summed E-state index contributed by atoms with van der Waals surface area (Å²) in [7, 11) is 0. The van der Waals surface area contributed by atoms with Crippen molar-refractivity contribution in [2.75, 3.05) is 6.61 Å². The molecule has 0 saturated heterocycles. The maximum atomic E-state index is 14.1. The predicted octanol–water partition coefficient (Wildman–Crippen LogP) is 5.97. The Morgan fingerprint density at radius 1 is 1.19 bits per heavy atom. The maximum Gasteiger partial charge on any atom is 0.419 e. The van der Waals surface area contributed by atoms with Crippen LogP contribution in [0, 0.1) is 5.92 Å². The largest absolute Gasteiger partial charge is 0.491 e. The van der Waals surface area contributed by atoms with Crippen molar-refractivity contribution in [2.24, 2.45) is 5.92 Å². The lowest BCUT2D eigenvalue weighted by Crippen LogP contribution is -2.61. The molecule has 1 aliphatic rings. The molecular formula is C26H32F3N3O4. The lowest BCUT2D eigenvalue weighted by atomic mass is 9.86. The van der Waals surface area contributed by atoms with Gasteiger partial charge in [0.1, 0.15) is 12.4 Å². The fourth-order valence-electron chi connectivity index (χ4n) is 5.09. The number of nitrogens with one attached hydrogen (secondary N) is 1. The second kappa shape index (κ2) is 9.63. The Hall–Kier alpha value is -3.30. The average molecular weight is 508 g/mol. The molecule has 0 fully saturated rings. The topological polar surface area (TPSA) is 91.8 Å². The minimum absolute atomic E-state index is 0.0622. The summed E-state index contributed by atoms with van der Waals surface area (Å²) in [5.74, 6) is -0.731. The average Bonchev–Trinajstić information content (AvgIpc) is 3.10. The summed E-state index contributed by atoms with van der Waals surface area (Å²) in [6.45, 7) is 10.7. The zero-order valence-electron chi connectivity index (χ0n) is 21.3. The number of carbonyl (C=O) groups is 2. The van der Waals surface area contributed by atoms with E-state index in [0.717, 1.165) is 6.07 Å². The second-order valence-electron chi connectivity index (χ2n) is 10.7. The molecule has 1 unspecified atom stereocenters. The third-order valence-electron chi connectivity index (χ3n) is 6.06. The Labute approximate surface area is 208 Å². The number of amides is 2. The molecule has 2 heterocycles. The number of halogens is 3. The van der Waals surface area contributed by atoms with Gasteiger partial charge in [0.05, 0.1) is 28.9 Å². The Morgan fingerprint density at radius 3 is 2.42 bits per heavy atom. The van der Waals surface area contributed by atoms with E-state index in [2.05, 4.69) is 10.3 Å². The maximum absolute atomic E-state index is 14.1. The van der Waals surface area contributed by atoms with Crippen LogP contribution in [0.25, 0.3) is 11.1 Å². The Morgan fingerprint density at radius 2 is 1.86 bits per heavy atom. The molecule has 1 aromatic carbocycles. The number of fused-ring (bicyclic) bond motifs is 1. The molecule has 3 rings (SSSR count). The van der Waals surface area contributed by atoms with E-state index in [1.165, 1.54) is 29.3 Å². The van der Waals surface area contributed by atoms with Crippen LogP contribution in [0.5, 0.6) is 5.75 Å². The summed E-state index contributed by atoms with van der Waals surface area (Å²) in [6, 6.07) is 5.14. The van der Waals surface area contributed by atoms with E-state index in [-0.39, 0.29) is 36.1 Å². The van der Waals surface area contributed by atoms with Crippen molar-refractivity contribution in [2.45, 2.75) is 71.8 Å². The summed E-state index contributed by atoms with van der Waals surface area (Å²) in [6.07, 6.45) is -4.08. The molecule has 0 radical (unpaired) electrons. The van der Waals surface area contributed by atoms with Gasteiger partial charge in [-0.25, -0.2) is 4.79 Å². The molecule has 36 heavy (non-hydrogen) atoms. The van der Waals surface area contributed by atoms with Gasteiger partial charge in [-0.15, -0.1) is 0 Å². The molecule has 1 aromatic heterocycles. The summed E-state index contributed by atoms with van der Waals surface area (Å²) >= 11 is 0. The van der Waals surface area contributed by atoms with Gasteiger partial charge in [-0.05, 0) is 69.4 Å². The minimum atomic E-state index is -4.74. The van der Waals surface area contributed by atoms with E-state index in [9.17, 15) is 27.9 Å². The van der Waals surface area contributed by atoms with Gasteiger partial charge in [0.15, 0.2) is 0 Å². The molecule has 196 valence electrons. The molecule has 0 spiro atoms. The van der Waals surface area contributed by atoms with Gasteiger partial charge in [0.2, 0.25) is 0 Å².